The fourth-order valence-electron chi connectivity index (χ4n) is 1.78. The Labute approximate surface area is 119 Å². The van der Waals surface area contributed by atoms with E-state index in [1.807, 2.05) is 6.92 Å². The number of anilines is 3. The van der Waals surface area contributed by atoms with Gasteiger partial charge in [-0.15, -0.1) is 0 Å². The number of ether oxygens (including phenoxy) is 1. The first-order valence-corrected chi connectivity index (χ1v) is 6.05. The van der Waals surface area contributed by atoms with Crippen LogP contribution in [0.15, 0.2) is 30.5 Å². The van der Waals surface area contributed by atoms with Gasteiger partial charge in [-0.3, -0.25) is 0 Å². The topological polar surface area (TPSA) is 60.2 Å². The number of hydrogen-bond acceptors (Lipinski definition) is 4. The van der Waals surface area contributed by atoms with E-state index in [1.165, 1.54) is 0 Å². The molecular formula is C14H14F3N3O. The number of halogens is 3. The van der Waals surface area contributed by atoms with Gasteiger partial charge in [0.1, 0.15) is 11.4 Å². The van der Waals surface area contributed by atoms with E-state index in [-0.39, 0.29) is 11.4 Å². The van der Waals surface area contributed by atoms with E-state index in [4.69, 9.17) is 10.5 Å². The number of pyridine rings is 1. The zero-order valence-corrected chi connectivity index (χ0v) is 11.5. The van der Waals surface area contributed by atoms with Crippen LogP contribution in [0.25, 0.3) is 0 Å². The van der Waals surface area contributed by atoms with Crippen molar-refractivity contribution in [3.05, 3.63) is 41.7 Å². The molecule has 0 unspecified atom stereocenters. The number of hydrogen-bond donors (Lipinski definition) is 2. The number of nitrogen functional groups attached to an aromatic ring is 1. The summed E-state index contributed by atoms with van der Waals surface area (Å²) in [7, 11) is 1.54. The highest BCUT2D eigenvalue weighted by Gasteiger charge is 2.33. The highest BCUT2D eigenvalue weighted by atomic mass is 19.4. The van der Waals surface area contributed by atoms with Crippen molar-refractivity contribution in [3.63, 3.8) is 0 Å². The van der Waals surface area contributed by atoms with Gasteiger partial charge in [-0.1, -0.05) is 0 Å². The average Bonchev–Trinajstić information content (AvgIpc) is 2.42. The van der Waals surface area contributed by atoms with Crippen LogP contribution in [0.1, 0.15) is 11.3 Å². The Balaban J connectivity index is 2.35. The summed E-state index contributed by atoms with van der Waals surface area (Å²) in [5, 5.41) is 2.88. The fourth-order valence-corrected chi connectivity index (χ4v) is 1.78. The summed E-state index contributed by atoms with van der Waals surface area (Å²) in [6.07, 6.45) is -3.52. The van der Waals surface area contributed by atoms with Gasteiger partial charge < -0.3 is 15.8 Å². The zero-order valence-electron chi connectivity index (χ0n) is 11.5. The van der Waals surface area contributed by atoms with Crippen molar-refractivity contribution in [2.75, 3.05) is 18.2 Å². The van der Waals surface area contributed by atoms with E-state index in [0.29, 0.717) is 11.4 Å². The fraction of sp³-hybridized carbons (Fsp3) is 0.214. The van der Waals surface area contributed by atoms with Crippen molar-refractivity contribution in [2.24, 2.45) is 0 Å². The third-order valence-corrected chi connectivity index (χ3v) is 2.93. The lowest BCUT2D eigenvalue weighted by Crippen LogP contribution is -2.09. The number of nitrogens with zero attached hydrogens (tertiary/aromatic N) is 1. The molecule has 0 amide bonds. The molecule has 3 N–H and O–H groups in total. The molecule has 112 valence electrons. The van der Waals surface area contributed by atoms with E-state index < -0.39 is 11.9 Å². The maximum atomic E-state index is 12.7. The van der Waals surface area contributed by atoms with Gasteiger partial charge >= 0.3 is 6.18 Å². The van der Waals surface area contributed by atoms with Crippen molar-refractivity contribution in [1.29, 1.82) is 0 Å². The lowest BCUT2D eigenvalue weighted by Gasteiger charge is -2.14. The summed E-state index contributed by atoms with van der Waals surface area (Å²) in [6, 6.07) is 6.07. The molecule has 0 saturated heterocycles. The van der Waals surface area contributed by atoms with Crippen molar-refractivity contribution in [1.82, 2.24) is 4.98 Å². The first-order valence-electron chi connectivity index (χ1n) is 6.05. The zero-order chi connectivity index (χ0) is 15.6. The Morgan fingerprint density at radius 1 is 1.19 bits per heavy atom. The molecule has 4 nitrogen and oxygen atoms in total. The van der Waals surface area contributed by atoms with E-state index in [2.05, 4.69) is 10.3 Å². The summed E-state index contributed by atoms with van der Waals surface area (Å²) >= 11 is 0. The minimum atomic E-state index is -4.51. The van der Waals surface area contributed by atoms with Gasteiger partial charge in [0.05, 0.1) is 24.7 Å². The Morgan fingerprint density at radius 2 is 1.90 bits per heavy atom. The molecule has 2 rings (SSSR count). The van der Waals surface area contributed by atoms with Gasteiger partial charge in [-0.25, -0.2) is 4.98 Å². The van der Waals surface area contributed by atoms with Crippen LogP contribution in [0.4, 0.5) is 30.2 Å². The van der Waals surface area contributed by atoms with Crippen LogP contribution in [0.2, 0.25) is 0 Å². The number of aromatic nitrogens is 1. The summed E-state index contributed by atoms with van der Waals surface area (Å²) in [6.45, 7) is 1.81. The van der Waals surface area contributed by atoms with Crippen LogP contribution >= 0.6 is 0 Å². The van der Waals surface area contributed by atoms with E-state index in [1.54, 1.807) is 25.3 Å². The number of methoxy groups -OCH3 is 1. The second kappa shape index (κ2) is 5.51. The van der Waals surface area contributed by atoms with Crippen molar-refractivity contribution < 1.29 is 17.9 Å². The van der Waals surface area contributed by atoms with Gasteiger partial charge in [0, 0.05) is 5.69 Å². The number of nitrogens with two attached hydrogens (primary N) is 1. The van der Waals surface area contributed by atoms with Gasteiger partial charge in [-0.2, -0.15) is 13.2 Å². The number of nitrogens with one attached hydrogen (secondary N) is 1. The van der Waals surface area contributed by atoms with E-state index in [0.717, 1.165) is 17.8 Å². The molecular weight excluding hydrogens is 283 g/mol. The molecule has 7 heteroatoms. The van der Waals surface area contributed by atoms with Gasteiger partial charge in [0.2, 0.25) is 0 Å². The van der Waals surface area contributed by atoms with Crippen molar-refractivity contribution in [2.45, 2.75) is 13.1 Å². The second-order valence-electron chi connectivity index (χ2n) is 4.46. The summed E-state index contributed by atoms with van der Waals surface area (Å²) in [4.78, 5) is 3.29. The van der Waals surface area contributed by atoms with E-state index in [9.17, 15) is 13.2 Å². The Bertz CT molecular complexity index is 656. The predicted molar refractivity (Wildman–Crippen MR) is 74.7 cm³/mol. The van der Waals surface area contributed by atoms with Crippen LogP contribution in [0.3, 0.4) is 0 Å². The molecule has 0 aliphatic carbocycles. The van der Waals surface area contributed by atoms with Crippen LogP contribution < -0.4 is 15.8 Å². The van der Waals surface area contributed by atoms with Gasteiger partial charge in [-0.05, 0) is 36.8 Å². The van der Waals surface area contributed by atoms with Crippen LogP contribution in [-0.2, 0) is 6.18 Å². The lowest BCUT2D eigenvalue weighted by atomic mass is 10.1. The monoisotopic (exact) mass is 297 g/mol. The predicted octanol–water partition coefficient (Wildman–Crippen LogP) is 3.74. The smallest absolute Gasteiger partial charge is 0.433 e. The normalized spacial score (nSPS) is 11.3. The first kappa shape index (κ1) is 15.0. The molecule has 0 aliphatic heterocycles. The molecule has 21 heavy (non-hydrogen) atoms. The maximum Gasteiger partial charge on any atom is 0.433 e. The minimum absolute atomic E-state index is 0.137. The molecule has 0 saturated carbocycles. The lowest BCUT2D eigenvalue weighted by molar-refractivity contribution is -0.141. The van der Waals surface area contributed by atoms with Crippen LogP contribution in [0.5, 0.6) is 5.75 Å². The molecule has 1 aromatic carbocycles. The van der Waals surface area contributed by atoms with Crippen molar-refractivity contribution in [3.8, 4) is 5.75 Å². The molecule has 0 atom stereocenters. The molecule has 0 bridgehead atoms. The van der Waals surface area contributed by atoms with Crippen molar-refractivity contribution >= 4 is 17.1 Å². The summed E-state index contributed by atoms with van der Waals surface area (Å²) in [5.41, 5.74) is 6.43. The van der Waals surface area contributed by atoms with Crippen LogP contribution in [-0.4, -0.2) is 12.1 Å². The maximum absolute atomic E-state index is 12.7. The Hall–Kier alpha value is -2.44. The number of aryl methyl sites for hydroxylation is 1. The van der Waals surface area contributed by atoms with E-state index >= 15 is 0 Å². The van der Waals surface area contributed by atoms with Crippen LogP contribution in [0, 0.1) is 6.92 Å². The summed E-state index contributed by atoms with van der Waals surface area (Å²) in [5.74, 6) is 0.664. The molecule has 0 aliphatic rings. The standard InChI is InChI=1S/C14H14F3N3O/c1-8-5-9(21-2)3-4-11(8)20-12-6-13(14(15,16)17)19-7-10(12)18/h3-7H,18H2,1-2H3,(H,19,20). The molecule has 0 spiro atoms. The largest absolute Gasteiger partial charge is 0.497 e. The third-order valence-electron chi connectivity index (χ3n) is 2.93. The highest BCUT2D eigenvalue weighted by Crippen LogP contribution is 2.33. The highest BCUT2D eigenvalue weighted by molar-refractivity contribution is 5.74. The quantitative estimate of drug-likeness (QED) is 0.906. The Morgan fingerprint density at radius 3 is 2.48 bits per heavy atom. The minimum Gasteiger partial charge on any atom is -0.497 e. The first-order chi connectivity index (χ1) is 9.81. The van der Waals surface area contributed by atoms with Gasteiger partial charge in [0.25, 0.3) is 0 Å². The molecule has 1 aromatic heterocycles. The number of rotatable bonds is 3. The molecule has 0 fully saturated rings. The van der Waals surface area contributed by atoms with Gasteiger partial charge in [0.15, 0.2) is 0 Å². The second-order valence-corrected chi connectivity index (χ2v) is 4.46. The average molecular weight is 297 g/mol. The number of benzene rings is 1. The third kappa shape index (κ3) is 3.36. The molecule has 1 heterocycles. The number of alkyl halides is 3. The summed E-state index contributed by atoms with van der Waals surface area (Å²) < 4.78 is 43.1. The Kier molecular flexibility index (Phi) is 3.93. The molecule has 2 aromatic rings. The SMILES string of the molecule is COc1ccc(Nc2cc(C(F)(F)F)ncc2N)c(C)c1. The molecule has 0 radical (unpaired) electrons.